The smallest absolute Gasteiger partial charge is 0.0661 e. The topological polar surface area (TPSA) is 46.2 Å². The highest BCUT2D eigenvalue weighted by atomic mass is 16.3. The maximum Gasteiger partial charge on any atom is 0.0661 e. The van der Waals surface area contributed by atoms with Gasteiger partial charge in [0.05, 0.1) is 6.10 Å². The van der Waals surface area contributed by atoms with Gasteiger partial charge >= 0.3 is 0 Å². The monoisotopic (exact) mass is 169 g/mol. The van der Waals surface area contributed by atoms with Crippen LogP contribution in [0.1, 0.15) is 39.0 Å². The van der Waals surface area contributed by atoms with Gasteiger partial charge in [0.25, 0.3) is 0 Å². The van der Waals surface area contributed by atoms with Crippen molar-refractivity contribution in [2.75, 3.05) is 6.54 Å². The fourth-order valence-corrected chi connectivity index (χ4v) is 2.50. The van der Waals surface area contributed by atoms with Gasteiger partial charge in [0.15, 0.2) is 0 Å². The molecule has 2 nitrogen and oxygen atoms in total. The molecule has 2 aliphatic rings. The summed E-state index contributed by atoms with van der Waals surface area (Å²) < 4.78 is 0. The van der Waals surface area contributed by atoms with E-state index in [1.807, 2.05) is 0 Å². The van der Waals surface area contributed by atoms with Gasteiger partial charge in [0, 0.05) is 12.0 Å². The van der Waals surface area contributed by atoms with Crippen LogP contribution in [0.2, 0.25) is 0 Å². The summed E-state index contributed by atoms with van der Waals surface area (Å²) in [5, 5.41) is 10.1. The molecule has 2 saturated carbocycles. The van der Waals surface area contributed by atoms with Gasteiger partial charge in [-0.2, -0.15) is 0 Å². The number of nitrogens with two attached hydrogens (primary N) is 1. The van der Waals surface area contributed by atoms with E-state index >= 15 is 0 Å². The summed E-state index contributed by atoms with van der Waals surface area (Å²) in [6.07, 6.45) is 5.81. The Balaban J connectivity index is 2.03. The molecule has 3 N–H and O–H groups in total. The molecular formula is C10H19NO. The summed E-state index contributed by atoms with van der Waals surface area (Å²) in [5.74, 6) is 0. The van der Waals surface area contributed by atoms with Crippen LogP contribution in [0.15, 0.2) is 0 Å². The summed E-state index contributed by atoms with van der Waals surface area (Å²) in [6.45, 7) is 2.88. The molecule has 0 aromatic heterocycles. The molecule has 0 bridgehead atoms. The van der Waals surface area contributed by atoms with Crippen molar-refractivity contribution in [3.63, 3.8) is 0 Å². The quantitative estimate of drug-likeness (QED) is 0.668. The summed E-state index contributed by atoms with van der Waals surface area (Å²) in [6, 6.07) is 0. The van der Waals surface area contributed by atoms with Crippen LogP contribution in [0.4, 0.5) is 0 Å². The first-order valence-electron chi connectivity index (χ1n) is 5.01. The maximum atomic E-state index is 10.1. The Bertz CT molecular complexity index is 178. The van der Waals surface area contributed by atoms with E-state index in [1.54, 1.807) is 0 Å². The third-order valence-corrected chi connectivity index (χ3v) is 4.03. The van der Waals surface area contributed by atoms with Gasteiger partial charge < -0.3 is 10.8 Å². The highest BCUT2D eigenvalue weighted by Gasteiger charge is 2.55. The van der Waals surface area contributed by atoms with Gasteiger partial charge in [-0.25, -0.2) is 0 Å². The Morgan fingerprint density at radius 1 is 1.33 bits per heavy atom. The maximum absolute atomic E-state index is 10.1. The fourth-order valence-electron chi connectivity index (χ4n) is 2.50. The highest BCUT2D eigenvalue weighted by molar-refractivity contribution is 5.07. The van der Waals surface area contributed by atoms with Crippen LogP contribution in [-0.2, 0) is 0 Å². The first-order valence-corrected chi connectivity index (χ1v) is 5.01. The van der Waals surface area contributed by atoms with Crippen LogP contribution in [0.25, 0.3) is 0 Å². The molecule has 0 heterocycles. The summed E-state index contributed by atoms with van der Waals surface area (Å²) in [4.78, 5) is 0. The first kappa shape index (κ1) is 8.52. The van der Waals surface area contributed by atoms with Gasteiger partial charge in [0.1, 0.15) is 0 Å². The van der Waals surface area contributed by atoms with Crippen LogP contribution in [0.3, 0.4) is 0 Å². The number of aliphatic hydroxyl groups is 1. The Hall–Kier alpha value is -0.0800. The number of hydrogen-bond acceptors (Lipinski definition) is 2. The van der Waals surface area contributed by atoms with E-state index in [1.165, 1.54) is 19.3 Å². The van der Waals surface area contributed by atoms with E-state index < -0.39 is 0 Å². The molecule has 2 rings (SSSR count). The average Bonchev–Trinajstić information content (AvgIpc) is 2.79. The molecule has 0 amide bonds. The van der Waals surface area contributed by atoms with Crippen molar-refractivity contribution >= 4 is 0 Å². The zero-order chi connectivity index (χ0) is 8.82. The van der Waals surface area contributed by atoms with Gasteiger partial charge in [-0.15, -0.1) is 0 Å². The molecule has 0 radical (unpaired) electrons. The minimum atomic E-state index is -0.135. The standard InChI is InChI=1S/C10H19NO/c1-9(3-2-4-9)8(12)10(7-11)5-6-10/h8,12H,2-7,11H2,1H3. The number of rotatable bonds is 3. The van der Waals surface area contributed by atoms with Crippen LogP contribution < -0.4 is 5.73 Å². The second-order valence-electron chi connectivity index (χ2n) is 4.98. The first-order chi connectivity index (χ1) is 5.63. The molecule has 0 aliphatic heterocycles. The van der Waals surface area contributed by atoms with E-state index in [0.29, 0.717) is 6.54 Å². The molecule has 0 saturated heterocycles. The Kier molecular flexibility index (Phi) is 1.74. The van der Waals surface area contributed by atoms with Gasteiger partial charge in [-0.05, 0) is 31.1 Å². The highest BCUT2D eigenvalue weighted by Crippen LogP contribution is 2.57. The van der Waals surface area contributed by atoms with Gasteiger partial charge in [-0.1, -0.05) is 13.3 Å². The zero-order valence-electron chi connectivity index (χ0n) is 7.84. The van der Waals surface area contributed by atoms with Gasteiger partial charge in [-0.3, -0.25) is 0 Å². The molecule has 2 heteroatoms. The number of aliphatic hydroxyl groups excluding tert-OH is 1. The Morgan fingerprint density at radius 2 is 1.92 bits per heavy atom. The SMILES string of the molecule is CC1(C(O)C2(CN)CC2)CCC1. The third-order valence-electron chi connectivity index (χ3n) is 4.03. The lowest BCUT2D eigenvalue weighted by Gasteiger charge is -2.45. The van der Waals surface area contributed by atoms with Crippen LogP contribution in [0, 0.1) is 10.8 Å². The lowest BCUT2D eigenvalue weighted by atomic mass is 9.63. The Morgan fingerprint density at radius 3 is 2.17 bits per heavy atom. The van der Waals surface area contributed by atoms with Crippen molar-refractivity contribution in [3.05, 3.63) is 0 Å². The Labute approximate surface area is 74.1 Å². The minimum absolute atomic E-state index is 0.120. The molecule has 0 spiro atoms. The molecule has 1 atom stereocenters. The molecule has 2 aliphatic carbocycles. The van der Waals surface area contributed by atoms with Crippen molar-refractivity contribution in [1.82, 2.24) is 0 Å². The largest absolute Gasteiger partial charge is 0.392 e. The normalized spacial score (nSPS) is 32.2. The predicted octanol–water partition coefficient (Wildman–Crippen LogP) is 1.28. The van der Waals surface area contributed by atoms with Crippen molar-refractivity contribution in [2.24, 2.45) is 16.6 Å². The summed E-state index contributed by atoms with van der Waals surface area (Å²) in [7, 11) is 0. The van der Waals surface area contributed by atoms with Crippen molar-refractivity contribution in [1.29, 1.82) is 0 Å². The van der Waals surface area contributed by atoms with Crippen LogP contribution in [0.5, 0.6) is 0 Å². The van der Waals surface area contributed by atoms with Crippen molar-refractivity contribution in [2.45, 2.75) is 45.1 Å². The minimum Gasteiger partial charge on any atom is -0.392 e. The van der Waals surface area contributed by atoms with Crippen LogP contribution >= 0.6 is 0 Å². The van der Waals surface area contributed by atoms with E-state index in [2.05, 4.69) is 6.92 Å². The molecule has 0 aromatic rings. The van der Waals surface area contributed by atoms with E-state index in [-0.39, 0.29) is 16.9 Å². The molecule has 2 fully saturated rings. The number of hydrogen-bond donors (Lipinski definition) is 2. The zero-order valence-corrected chi connectivity index (χ0v) is 7.84. The molecule has 12 heavy (non-hydrogen) atoms. The molecular weight excluding hydrogens is 150 g/mol. The molecule has 0 aromatic carbocycles. The predicted molar refractivity (Wildman–Crippen MR) is 48.7 cm³/mol. The van der Waals surface area contributed by atoms with Crippen LogP contribution in [-0.4, -0.2) is 17.8 Å². The lowest BCUT2D eigenvalue weighted by Crippen LogP contribution is -2.46. The average molecular weight is 169 g/mol. The van der Waals surface area contributed by atoms with Crippen molar-refractivity contribution < 1.29 is 5.11 Å². The van der Waals surface area contributed by atoms with Gasteiger partial charge in [0.2, 0.25) is 0 Å². The second-order valence-corrected chi connectivity index (χ2v) is 4.98. The summed E-state index contributed by atoms with van der Waals surface area (Å²) >= 11 is 0. The van der Waals surface area contributed by atoms with E-state index in [9.17, 15) is 5.11 Å². The summed E-state index contributed by atoms with van der Waals surface area (Å²) in [5.41, 5.74) is 6.01. The fraction of sp³-hybridized carbons (Fsp3) is 1.00. The lowest BCUT2D eigenvalue weighted by molar-refractivity contribution is -0.0632. The van der Waals surface area contributed by atoms with E-state index in [0.717, 1.165) is 12.8 Å². The van der Waals surface area contributed by atoms with E-state index in [4.69, 9.17) is 5.73 Å². The molecule has 1 unspecified atom stereocenters. The third kappa shape index (κ3) is 1.01. The molecule has 70 valence electrons. The van der Waals surface area contributed by atoms with Crippen molar-refractivity contribution in [3.8, 4) is 0 Å². The second kappa shape index (κ2) is 2.46.